The number of hydrogen-bond donors (Lipinski definition) is 1. The molecule has 102 valence electrons. The summed E-state index contributed by atoms with van der Waals surface area (Å²) in [5.74, 6) is 0.933. The van der Waals surface area contributed by atoms with E-state index in [-0.39, 0.29) is 0 Å². The first kappa shape index (κ1) is 13.6. The highest BCUT2D eigenvalue weighted by molar-refractivity contribution is 5.09. The van der Waals surface area contributed by atoms with Crippen LogP contribution in [0.4, 0.5) is 0 Å². The van der Waals surface area contributed by atoms with Crippen molar-refractivity contribution in [1.29, 1.82) is 0 Å². The van der Waals surface area contributed by atoms with Crippen LogP contribution in [0.25, 0.3) is 0 Å². The molecule has 1 saturated carbocycles. The third kappa shape index (κ3) is 2.94. The maximum atomic E-state index is 6.09. The lowest BCUT2D eigenvalue weighted by atomic mass is 9.67. The summed E-state index contributed by atoms with van der Waals surface area (Å²) in [7, 11) is 0. The van der Waals surface area contributed by atoms with Crippen LogP contribution >= 0.6 is 0 Å². The Hall–Kier alpha value is -0.830. The predicted octanol–water partition coefficient (Wildman–Crippen LogP) is 2.99. The predicted molar refractivity (Wildman–Crippen MR) is 75.3 cm³/mol. The lowest BCUT2D eigenvalue weighted by Gasteiger charge is -2.39. The number of aryl methyl sites for hydroxylation is 1. The molecule has 18 heavy (non-hydrogen) atoms. The average Bonchev–Trinajstić information content (AvgIpc) is 2.87. The van der Waals surface area contributed by atoms with Crippen LogP contribution in [0.2, 0.25) is 0 Å². The van der Waals surface area contributed by atoms with Gasteiger partial charge in [0, 0.05) is 12.7 Å². The van der Waals surface area contributed by atoms with Crippen LogP contribution < -0.4 is 5.73 Å². The molecule has 1 aliphatic rings. The largest absolute Gasteiger partial charge is 0.330 e. The molecule has 1 fully saturated rings. The lowest BCUT2D eigenvalue weighted by molar-refractivity contribution is 0.153. The van der Waals surface area contributed by atoms with Crippen molar-refractivity contribution in [2.75, 3.05) is 6.54 Å². The Morgan fingerprint density at radius 2 is 2.11 bits per heavy atom. The van der Waals surface area contributed by atoms with Crippen molar-refractivity contribution < 1.29 is 0 Å². The molecule has 0 unspecified atom stereocenters. The Morgan fingerprint density at radius 1 is 1.39 bits per heavy atom. The van der Waals surface area contributed by atoms with E-state index in [0.29, 0.717) is 5.41 Å². The van der Waals surface area contributed by atoms with E-state index < -0.39 is 0 Å². The molecule has 0 atom stereocenters. The first-order valence-corrected chi connectivity index (χ1v) is 7.42. The first-order valence-electron chi connectivity index (χ1n) is 7.42. The van der Waals surface area contributed by atoms with Gasteiger partial charge in [-0.2, -0.15) is 5.10 Å². The summed E-state index contributed by atoms with van der Waals surface area (Å²) in [5.41, 5.74) is 7.78. The normalized spacial score (nSPS) is 28.5. The molecule has 0 aliphatic heterocycles. The highest BCUT2D eigenvalue weighted by atomic mass is 15.3. The van der Waals surface area contributed by atoms with Crippen LogP contribution in [0.5, 0.6) is 0 Å². The average molecular weight is 249 g/mol. The van der Waals surface area contributed by atoms with E-state index in [4.69, 9.17) is 5.73 Å². The van der Waals surface area contributed by atoms with Gasteiger partial charge in [0.15, 0.2) is 0 Å². The van der Waals surface area contributed by atoms with Crippen LogP contribution in [-0.2, 0) is 13.0 Å². The smallest absolute Gasteiger partial charge is 0.0521 e. The standard InChI is InChI=1S/C15H27N3/c1-3-13-5-7-15(12-16,8-6-13)9-14-10-17-18(4-2)11-14/h10-11,13H,3-9,12,16H2,1-2H3. The van der Waals surface area contributed by atoms with E-state index in [1.54, 1.807) is 0 Å². The molecule has 1 aromatic heterocycles. The molecule has 3 heteroatoms. The van der Waals surface area contributed by atoms with E-state index in [0.717, 1.165) is 25.4 Å². The van der Waals surface area contributed by atoms with Gasteiger partial charge in [-0.05, 0) is 62.5 Å². The summed E-state index contributed by atoms with van der Waals surface area (Å²) in [6.45, 7) is 6.21. The van der Waals surface area contributed by atoms with Crippen molar-refractivity contribution in [3.05, 3.63) is 18.0 Å². The van der Waals surface area contributed by atoms with Gasteiger partial charge >= 0.3 is 0 Å². The van der Waals surface area contributed by atoms with Crippen molar-refractivity contribution in [2.24, 2.45) is 17.1 Å². The van der Waals surface area contributed by atoms with Gasteiger partial charge in [0.1, 0.15) is 0 Å². The topological polar surface area (TPSA) is 43.8 Å². The molecule has 2 N–H and O–H groups in total. The molecular weight excluding hydrogens is 222 g/mol. The third-order valence-electron chi connectivity index (χ3n) is 4.77. The van der Waals surface area contributed by atoms with Gasteiger partial charge in [0.2, 0.25) is 0 Å². The fraction of sp³-hybridized carbons (Fsp3) is 0.800. The van der Waals surface area contributed by atoms with E-state index in [9.17, 15) is 0 Å². The molecule has 0 amide bonds. The summed E-state index contributed by atoms with van der Waals surface area (Å²) in [6.07, 6.45) is 11.9. The maximum Gasteiger partial charge on any atom is 0.0521 e. The first-order chi connectivity index (χ1) is 8.71. The molecule has 0 radical (unpaired) electrons. The van der Waals surface area contributed by atoms with Gasteiger partial charge in [0.05, 0.1) is 6.20 Å². The van der Waals surface area contributed by atoms with E-state index in [1.165, 1.54) is 37.7 Å². The SMILES string of the molecule is CCC1CCC(CN)(Cc2cnn(CC)c2)CC1. The molecule has 1 heterocycles. The van der Waals surface area contributed by atoms with E-state index in [1.807, 2.05) is 10.9 Å². The summed E-state index contributed by atoms with van der Waals surface area (Å²) in [5, 5.41) is 4.37. The molecular formula is C15H27N3. The van der Waals surface area contributed by atoms with Crippen LogP contribution in [0.3, 0.4) is 0 Å². The Labute approximate surface area is 111 Å². The Bertz CT molecular complexity index is 362. The molecule has 1 aliphatic carbocycles. The minimum atomic E-state index is 0.341. The fourth-order valence-corrected chi connectivity index (χ4v) is 3.25. The number of hydrogen-bond acceptors (Lipinski definition) is 2. The number of aromatic nitrogens is 2. The minimum absolute atomic E-state index is 0.341. The number of nitrogens with two attached hydrogens (primary N) is 1. The molecule has 2 rings (SSSR count). The van der Waals surface area contributed by atoms with Gasteiger partial charge < -0.3 is 5.73 Å². The summed E-state index contributed by atoms with van der Waals surface area (Å²) in [4.78, 5) is 0. The summed E-state index contributed by atoms with van der Waals surface area (Å²) in [6, 6.07) is 0. The second kappa shape index (κ2) is 5.87. The monoisotopic (exact) mass is 249 g/mol. The number of nitrogens with zero attached hydrogens (tertiary/aromatic N) is 2. The second-order valence-electron chi connectivity index (χ2n) is 5.94. The van der Waals surface area contributed by atoms with Gasteiger partial charge in [-0.25, -0.2) is 0 Å². The quantitative estimate of drug-likeness (QED) is 0.872. The highest BCUT2D eigenvalue weighted by Crippen LogP contribution is 2.41. The molecule has 1 aromatic rings. The molecule has 0 saturated heterocycles. The van der Waals surface area contributed by atoms with Crippen LogP contribution in [0.1, 0.15) is 51.5 Å². The Balaban J connectivity index is 2.00. The van der Waals surface area contributed by atoms with Gasteiger partial charge in [-0.15, -0.1) is 0 Å². The summed E-state index contributed by atoms with van der Waals surface area (Å²) >= 11 is 0. The summed E-state index contributed by atoms with van der Waals surface area (Å²) < 4.78 is 2.01. The number of rotatable bonds is 5. The molecule has 0 bridgehead atoms. The second-order valence-corrected chi connectivity index (χ2v) is 5.94. The van der Waals surface area contributed by atoms with Crippen LogP contribution in [0, 0.1) is 11.3 Å². The molecule has 3 nitrogen and oxygen atoms in total. The van der Waals surface area contributed by atoms with Crippen LogP contribution in [0.15, 0.2) is 12.4 Å². The highest BCUT2D eigenvalue weighted by Gasteiger charge is 2.34. The van der Waals surface area contributed by atoms with E-state index in [2.05, 4.69) is 25.1 Å². The zero-order chi connectivity index (χ0) is 13.0. The third-order valence-corrected chi connectivity index (χ3v) is 4.77. The van der Waals surface area contributed by atoms with Crippen molar-refractivity contribution >= 4 is 0 Å². The fourth-order valence-electron chi connectivity index (χ4n) is 3.25. The van der Waals surface area contributed by atoms with Gasteiger partial charge in [-0.1, -0.05) is 13.3 Å². The zero-order valence-electron chi connectivity index (χ0n) is 11.9. The zero-order valence-corrected chi connectivity index (χ0v) is 11.9. The Morgan fingerprint density at radius 3 is 2.61 bits per heavy atom. The molecule has 0 aromatic carbocycles. The van der Waals surface area contributed by atoms with Crippen molar-refractivity contribution in [1.82, 2.24) is 9.78 Å². The van der Waals surface area contributed by atoms with Gasteiger partial charge in [0.25, 0.3) is 0 Å². The van der Waals surface area contributed by atoms with Crippen molar-refractivity contribution in [2.45, 2.75) is 58.9 Å². The maximum absolute atomic E-state index is 6.09. The Kier molecular flexibility index (Phi) is 4.44. The molecule has 0 spiro atoms. The minimum Gasteiger partial charge on any atom is -0.330 e. The lowest BCUT2D eigenvalue weighted by Crippen LogP contribution is -2.36. The van der Waals surface area contributed by atoms with Crippen molar-refractivity contribution in [3.8, 4) is 0 Å². The van der Waals surface area contributed by atoms with Gasteiger partial charge in [-0.3, -0.25) is 4.68 Å². The van der Waals surface area contributed by atoms with Crippen molar-refractivity contribution in [3.63, 3.8) is 0 Å². The van der Waals surface area contributed by atoms with E-state index >= 15 is 0 Å². The van der Waals surface area contributed by atoms with Crippen LogP contribution in [-0.4, -0.2) is 16.3 Å².